The maximum atomic E-state index is 12.2. The van der Waals surface area contributed by atoms with E-state index in [9.17, 15) is 13.2 Å². The van der Waals surface area contributed by atoms with Gasteiger partial charge in [0.2, 0.25) is 0 Å². The third-order valence-electron chi connectivity index (χ3n) is 3.12. The zero-order chi connectivity index (χ0) is 14.8. The molecule has 1 aromatic rings. The number of nitrogens with one attached hydrogen (secondary N) is 1. The van der Waals surface area contributed by atoms with Crippen LogP contribution in [0.1, 0.15) is 19.8 Å². The fourth-order valence-corrected chi connectivity index (χ4v) is 3.73. The average molecular weight is 370 g/mol. The number of hydrogen-bond donors (Lipinski definition) is 1. The van der Waals surface area contributed by atoms with Gasteiger partial charge < -0.3 is 10.1 Å². The van der Waals surface area contributed by atoms with E-state index in [1.165, 1.54) is 11.8 Å². The maximum absolute atomic E-state index is 12.2. The molecule has 0 radical (unpaired) electrons. The average Bonchev–Trinajstić information content (AvgIpc) is 2.34. The van der Waals surface area contributed by atoms with Crippen molar-refractivity contribution in [2.24, 2.45) is 0 Å². The highest BCUT2D eigenvalue weighted by Gasteiger charge is 2.32. The molecule has 1 aromatic carbocycles. The summed E-state index contributed by atoms with van der Waals surface area (Å²) in [7, 11) is 0. The van der Waals surface area contributed by atoms with E-state index in [-0.39, 0.29) is 10.2 Å². The van der Waals surface area contributed by atoms with Gasteiger partial charge in [0, 0.05) is 17.0 Å². The van der Waals surface area contributed by atoms with Crippen molar-refractivity contribution < 1.29 is 17.9 Å². The lowest BCUT2D eigenvalue weighted by atomic mass is 10.1. The molecule has 0 aromatic heterocycles. The molecule has 1 aliphatic heterocycles. The van der Waals surface area contributed by atoms with Crippen LogP contribution in [0.25, 0.3) is 0 Å². The fraction of sp³-hybridized carbons (Fsp3) is 0.538. The Morgan fingerprint density at radius 2 is 2.15 bits per heavy atom. The molecule has 0 bridgehead atoms. The normalized spacial score (nSPS) is 23.4. The maximum Gasteiger partial charge on any atom is 0.573 e. The lowest BCUT2D eigenvalue weighted by Gasteiger charge is -2.30. The molecule has 1 fully saturated rings. The zero-order valence-electron chi connectivity index (χ0n) is 10.8. The number of ether oxygens (including phenoxy) is 1. The van der Waals surface area contributed by atoms with Crippen LogP contribution in [0.5, 0.6) is 5.75 Å². The number of alkyl halides is 3. The van der Waals surface area contributed by atoms with Gasteiger partial charge in [-0.25, -0.2) is 0 Å². The van der Waals surface area contributed by atoms with Gasteiger partial charge in [-0.05, 0) is 52.7 Å². The standard InChI is InChI=1S/C13H15BrF3NOS/c1-8-11(3-2-6-20-8)18-9-4-5-12(10(14)7-9)19-13(15,16)17/h4-5,7-8,11,18H,2-3,6H2,1H3. The lowest BCUT2D eigenvalue weighted by molar-refractivity contribution is -0.274. The van der Waals surface area contributed by atoms with Gasteiger partial charge >= 0.3 is 6.36 Å². The minimum atomic E-state index is -4.67. The second kappa shape index (κ2) is 6.47. The van der Waals surface area contributed by atoms with E-state index in [2.05, 4.69) is 32.9 Å². The van der Waals surface area contributed by atoms with Gasteiger partial charge in [-0.3, -0.25) is 0 Å². The van der Waals surface area contributed by atoms with Crippen molar-refractivity contribution in [1.82, 2.24) is 0 Å². The first kappa shape index (κ1) is 15.8. The molecule has 7 heteroatoms. The molecular weight excluding hydrogens is 355 g/mol. The number of benzene rings is 1. The Bertz CT molecular complexity index is 469. The van der Waals surface area contributed by atoms with Crippen molar-refractivity contribution in [3.63, 3.8) is 0 Å². The first-order valence-electron chi connectivity index (χ1n) is 6.28. The van der Waals surface area contributed by atoms with Crippen molar-refractivity contribution in [2.75, 3.05) is 11.1 Å². The second-order valence-electron chi connectivity index (χ2n) is 4.66. The van der Waals surface area contributed by atoms with E-state index in [0.29, 0.717) is 11.3 Å². The highest BCUT2D eigenvalue weighted by molar-refractivity contribution is 9.10. The Labute approximate surface area is 128 Å². The molecule has 0 amide bonds. The summed E-state index contributed by atoms with van der Waals surface area (Å²) in [6.45, 7) is 2.16. The van der Waals surface area contributed by atoms with Crippen molar-refractivity contribution in [3.05, 3.63) is 22.7 Å². The van der Waals surface area contributed by atoms with Gasteiger partial charge in [-0.1, -0.05) is 6.92 Å². The summed E-state index contributed by atoms with van der Waals surface area (Å²) < 4.78 is 40.8. The van der Waals surface area contributed by atoms with Crippen LogP contribution in [0.3, 0.4) is 0 Å². The van der Waals surface area contributed by atoms with Crippen LogP contribution in [0.2, 0.25) is 0 Å². The van der Waals surface area contributed by atoms with Gasteiger partial charge in [0.15, 0.2) is 0 Å². The van der Waals surface area contributed by atoms with E-state index in [0.717, 1.165) is 18.5 Å². The highest BCUT2D eigenvalue weighted by atomic mass is 79.9. The van der Waals surface area contributed by atoms with Crippen LogP contribution < -0.4 is 10.1 Å². The van der Waals surface area contributed by atoms with Gasteiger partial charge in [0.25, 0.3) is 0 Å². The Hall–Kier alpha value is -0.560. The molecule has 2 unspecified atom stereocenters. The summed E-state index contributed by atoms with van der Waals surface area (Å²) in [6, 6.07) is 4.89. The number of halogens is 4. The molecule has 1 aliphatic rings. The van der Waals surface area contributed by atoms with Crippen molar-refractivity contribution in [2.45, 2.75) is 37.4 Å². The zero-order valence-corrected chi connectivity index (χ0v) is 13.2. The summed E-state index contributed by atoms with van der Waals surface area (Å²) in [5.74, 6) is 0.940. The Morgan fingerprint density at radius 1 is 1.40 bits per heavy atom. The lowest BCUT2D eigenvalue weighted by Crippen LogP contribution is -2.32. The SMILES string of the molecule is CC1SCCCC1Nc1ccc(OC(F)(F)F)c(Br)c1. The predicted molar refractivity (Wildman–Crippen MR) is 79.4 cm³/mol. The molecule has 0 aliphatic carbocycles. The number of rotatable bonds is 3. The fourth-order valence-electron chi connectivity index (χ4n) is 2.13. The molecule has 1 heterocycles. The smallest absolute Gasteiger partial charge is 0.405 e. The molecule has 2 nitrogen and oxygen atoms in total. The van der Waals surface area contributed by atoms with E-state index in [1.54, 1.807) is 12.1 Å². The summed E-state index contributed by atoms with van der Waals surface area (Å²) in [5, 5.41) is 3.87. The van der Waals surface area contributed by atoms with Crippen LogP contribution in [0, 0.1) is 0 Å². The molecule has 0 spiro atoms. The Kier molecular flexibility index (Phi) is 5.12. The molecule has 2 atom stereocenters. The van der Waals surface area contributed by atoms with Crippen LogP contribution in [-0.2, 0) is 0 Å². The summed E-state index contributed by atoms with van der Waals surface area (Å²) >= 11 is 5.02. The molecule has 112 valence electrons. The minimum absolute atomic E-state index is 0.228. The Morgan fingerprint density at radius 3 is 2.75 bits per heavy atom. The van der Waals surface area contributed by atoms with Gasteiger partial charge in [-0.2, -0.15) is 11.8 Å². The van der Waals surface area contributed by atoms with Gasteiger partial charge in [0.1, 0.15) is 5.75 Å². The Balaban J connectivity index is 2.05. The van der Waals surface area contributed by atoms with Crippen LogP contribution in [0.15, 0.2) is 22.7 Å². The van der Waals surface area contributed by atoms with E-state index in [1.807, 2.05) is 11.8 Å². The van der Waals surface area contributed by atoms with Crippen molar-refractivity contribution in [3.8, 4) is 5.75 Å². The third kappa shape index (κ3) is 4.48. The van der Waals surface area contributed by atoms with Crippen molar-refractivity contribution >= 4 is 33.4 Å². The molecular formula is C13H15BrF3NOS. The molecule has 1 saturated heterocycles. The highest BCUT2D eigenvalue weighted by Crippen LogP contribution is 2.34. The molecule has 0 saturated carbocycles. The molecule has 2 rings (SSSR count). The van der Waals surface area contributed by atoms with E-state index < -0.39 is 6.36 Å². The summed E-state index contributed by atoms with van der Waals surface area (Å²) in [5.41, 5.74) is 0.797. The van der Waals surface area contributed by atoms with Gasteiger partial charge in [-0.15, -0.1) is 13.2 Å². The quantitative estimate of drug-likeness (QED) is 0.805. The second-order valence-corrected chi connectivity index (χ2v) is 7.00. The van der Waals surface area contributed by atoms with Gasteiger partial charge in [0.05, 0.1) is 4.47 Å². The van der Waals surface area contributed by atoms with Crippen LogP contribution in [0.4, 0.5) is 18.9 Å². The number of anilines is 1. The monoisotopic (exact) mass is 369 g/mol. The van der Waals surface area contributed by atoms with Crippen LogP contribution in [-0.4, -0.2) is 23.4 Å². The van der Waals surface area contributed by atoms with E-state index in [4.69, 9.17) is 0 Å². The number of thioether (sulfide) groups is 1. The first-order valence-corrected chi connectivity index (χ1v) is 8.13. The van der Waals surface area contributed by atoms with Crippen molar-refractivity contribution in [1.29, 1.82) is 0 Å². The predicted octanol–water partition coefficient (Wildman–Crippen LogP) is 5.04. The topological polar surface area (TPSA) is 21.3 Å². The largest absolute Gasteiger partial charge is 0.573 e. The number of hydrogen-bond acceptors (Lipinski definition) is 3. The molecule has 1 N–H and O–H groups in total. The minimum Gasteiger partial charge on any atom is -0.405 e. The molecule has 20 heavy (non-hydrogen) atoms. The summed E-state index contributed by atoms with van der Waals surface area (Å²) in [6.07, 6.45) is -2.44. The first-order chi connectivity index (χ1) is 9.35. The third-order valence-corrected chi connectivity index (χ3v) is 5.11. The van der Waals surface area contributed by atoms with E-state index >= 15 is 0 Å². The van der Waals surface area contributed by atoms with Crippen LogP contribution >= 0.6 is 27.7 Å². The summed E-state index contributed by atoms with van der Waals surface area (Å²) in [4.78, 5) is 0.